The Morgan fingerprint density at radius 3 is 2.06 bits per heavy atom. The molecular weight excluding hydrogens is 220 g/mol. The summed E-state index contributed by atoms with van der Waals surface area (Å²) in [5.74, 6) is 1.04. The van der Waals surface area contributed by atoms with E-state index in [4.69, 9.17) is 0 Å². The number of phenols is 1. The van der Waals surface area contributed by atoms with E-state index in [0.717, 1.165) is 5.56 Å². The van der Waals surface area contributed by atoms with Gasteiger partial charge in [0, 0.05) is 5.56 Å². The number of benzene rings is 1. The SMILES string of the molecule is CCCC(CCC)c1cccc(O)c1C(C)(C)C. The van der Waals surface area contributed by atoms with Crippen molar-refractivity contribution in [3.63, 3.8) is 0 Å². The molecule has 1 N–H and O–H groups in total. The molecule has 1 heteroatoms. The highest BCUT2D eigenvalue weighted by atomic mass is 16.3. The van der Waals surface area contributed by atoms with Crippen molar-refractivity contribution in [2.45, 2.75) is 71.6 Å². The lowest BCUT2D eigenvalue weighted by atomic mass is 9.77. The zero-order valence-corrected chi connectivity index (χ0v) is 12.6. The summed E-state index contributed by atoms with van der Waals surface area (Å²) in [7, 11) is 0. The summed E-state index contributed by atoms with van der Waals surface area (Å²) < 4.78 is 0. The Labute approximate surface area is 112 Å². The summed E-state index contributed by atoms with van der Waals surface area (Å²) in [4.78, 5) is 0. The van der Waals surface area contributed by atoms with E-state index < -0.39 is 0 Å². The molecule has 0 amide bonds. The molecule has 0 fully saturated rings. The Balaban J connectivity index is 3.24. The van der Waals surface area contributed by atoms with Crippen LogP contribution in [0.5, 0.6) is 5.75 Å². The van der Waals surface area contributed by atoms with Crippen molar-refractivity contribution in [3.8, 4) is 5.75 Å². The summed E-state index contributed by atoms with van der Waals surface area (Å²) in [6.07, 6.45) is 4.81. The highest BCUT2D eigenvalue weighted by molar-refractivity contribution is 5.45. The smallest absolute Gasteiger partial charge is 0.119 e. The van der Waals surface area contributed by atoms with Crippen LogP contribution in [-0.4, -0.2) is 5.11 Å². The molecule has 1 rings (SSSR count). The molecule has 1 nitrogen and oxygen atoms in total. The predicted octanol–water partition coefficient (Wildman–Crippen LogP) is 5.37. The topological polar surface area (TPSA) is 20.2 Å². The summed E-state index contributed by atoms with van der Waals surface area (Å²) >= 11 is 0. The normalized spacial score (nSPS) is 12.1. The molecule has 0 heterocycles. The second-order valence-corrected chi connectivity index (χ2v) is 6.27. The van der Waals surface area contributed by atoms with E-state index in [1.54, 1.807) is 0 Å². The van der Waals surface area contributed by atoms with Gasteiger partial charge in [-0.2, -0.15) is 0 Å². The summed E-state index contributed by atoms with van der Waals surface area (Å²) in [6, 6.07) is 6.01. The average molecular weight is 248 g/mol. The molecule has 0 aliphatic heterocycles. The third-order valence-electron chi connectivity index (χ3n) is 3.54. The van der Waals surface area contributed by atoms with Crippen LogP contribution in [0.3, 0.4) is 0 Å². The quantitative estimate of drug-likeness (QED) is 0.742. The zero-order valence-electron chi connectivity index (χ0n) is 12.6. The maximum Gasteiger partial charge on any atom is 0.119 e. The van der Waals surface area contributed by atoms with Gasteiger partial charge < -0.3 is 5.11 Å². The molecule has 102 valence electrons. The number of hydrogen-bond acceptors (Lipinski definition) is 1. The average Bonchev–Trinajstić information content (AvgIpc) is 2.26. The van der Waals surface area contributed by atoms with E-state index in [-0.39, 0.29) is 5.41 Å². The van der Waals surface area contributed by atoms with Crippen LogP contribution in [0.4, 0.5) is 0 Å². The van der Waals surface area contributed by atoms with E-state index in [9.17, 15) is 5.11 Å². The second-order valence-electron chi connectivity index (χ2n) is 6.27. The third-order valence-corrected chi connectivity index (χ3v) is 3.54. The van der Waals surface area contributed by atoms with E-state index in [1.165, 1.54) is 31.2 Å². The predicted molar refractivity (Wildman–Crippen MR) is 79.4 cm³/mol. The van der Waals surface area contributed by atoms with Crippen LogP contribution in [0.1, 0.15) is 77.3 Å². The van der Waals surface area contributed by atoms with E-state index in [1.807, 2.05) is 12.1 Å². The molecule has 0 spiro atoms. The molecule has 18 heavy (non-hydrogen) atoms. The largest absolute Gasteiger partial charge is 0.508 e. The number of rotatable bonds is 5. The Morgan fingerprint density at radius 2 is 1.61 bits per heavy atom. The van der Waals surface area contributed by atoms with E-state index in [2.05, 4.69) is 40.7 Å². The van der Waals surface area contributed by atoms with Gasteiger partial charge in [0.2, 0.25) is 0 Å². The van der Waals surface area contributed by atoms with Gasteiger partial charge in [0.25, 0.3) is 0 Å². The molecule has 0 saturated carbocycles. The van der Waals surface area contributed by atoms with Crippen molar-refractivity contribution in [1.82, 2.24) is 0 Å². The molecule has 0 atom stereocenters. The maximum absolute atomic E-state index is 10.2. The number of phenolic OH excluding ortho intramolecular Hbond substituents is 1. The Bertz CT molecular complexity index is 368. The van der Waals surface area contributed by atoms with Crippen molar-refractivity contribution in [1.29, 1.82) is 0 Å². The van der Waals surface area contributed by atoms with Crippen LogP contribution < -0.4 is 0 Å². The molecule has 0 aliphatic rings. The summed E-state index contributed by atoms with van der Waals surface area (Å²) in [5.41, 5.74) is 2.49. The lowest BCUT2D eigenvalue weighted by Crippen LogP contribution is -2.16. The van der Waals surface area contributed by atoms with Crippen LogP contribution in [0.2, 0.25) is 0 Å². The lowest BCUT2D eigenvalue weighted by Gasteiger charge is -2.28. The maximum atomic E-state index is 10.2. The molecular formula is C17H28O. The Morgan fingerprint density at radius 1 is 1.06 bits per heavy atom. The Hall–Kier alpha value is -0.980. The number of aromatic hydroxyl groups is 1. The van der Waals surface area contributed by atoms with Gasteiger partial charge in [-0.15, -0.1) is 0 Å². The minimum absolute atomic E-state index is 0.000406. The first-order valence-electron chi connectivity index (χ1n) is 7.24. The van der Waals surface area contributed by atoms with Crippen LogP contribution in [0, 0.1) is 0 Å². The van der Waals surface area contributed by atoms with Crippen molar-refractivity contribution in [2.75, 3.05) is 0 Å². The minimum atomic E-state index is 0.000406. The highest BCUT2D eigenvalue weighted by Crippen LogP contribution is 2.39. The second kappa shape index (κ2) is 6.26. The summed E-state index contributed by atoms with van der Waals surface area (Å²) in [5, 5.41) is 10.2. The molecule has 0 aliphatic carbocycles. The fraction of sp³-hybridized carbons (Fsp3) is 0.647. The Kier molecular flexibility index (Phi) is 5.25. The third kappa shape index (κ3) is 3.51. The summed E-state index contributed by atoms with van der Waals surface area (Å²) in [6.45, 7) is 11.0. The van der Waals surface area contributed by atoms with E-state index in [0.29, 0.717) is 11.7 Å². The lowest BCUT2D eigenvalue weighted by molar-refractivity contribution is 0.437. The van der Waals surface area contributed by atoms with Crippen LogP contribution >= 0.6 is 0 Å². The minimum Gasteiger partial charge on any atom is -0.508 e. The van der Waals surface area contributed by atoms with Crippen molar-refractivity contribution < 1.29 is 5.11 Å². The van der Waals surface area contributed by atoms with Gasteiger partial charge in [0.15, 0.2) is 0 Å². The van der Waals surface area contributed by atoms with Crippen LogP contribution in [-0.2, 0) is 5.41 Å². The van der Waals surface area contributed by atoms with Crippen LogP contribution in [0.25, 0.3) is 0 Å². The van der Waals surface area contributed by atoms with Gasteiger partial charge in [0.1, 0.15) is 5.75 Å². The molecule has 0 aromatic heterocycles. The van der Waals surface area contributed by atoms with Crippen molar-refractivity contribution in [2.24, 2.45) is 0 Å². The fourth-order valence-corrected chi connectivity index (χ4v) is 2.87. The van der Waals surface area contributed by atoms with Gasteiger partial charge in [-0.25, -0.2) is 0 Å². The van der Waals surface area contributed by atoms with Crippen LogP contribution in [0.15, 0.2) is 18.2 Å². The molecule has 0 radical (unpaired) electrons. The van der Waals surface area contributed by atoms with Gasteiger partial charge in [-0.05, 0) is 35.8 Å². The number of hydrogen-bond donors (Lipinski definition) is 1. The monoisotopic (exact) mass is 248 g/mol. The van der Waals surface area contributed by atoms with Gasteiger partial charge in [0.05, 0.1) is 0 Å². The first kappa shape index (κ1) is 15.1. The molecule has 0 saturated heterocycles. The molecule has 0 unspecified atom stereocenters. The van der Waals surface area contributed by atoms with Crippen molar-refractivity contribution >= 4 is 0 Å². The fourth-order valence-electron chi connectivity index (χ4n) is 2.87. The standard InChI is InChI=1S/C17H28O/c1-6-9-13(10-7-2)14-11-8-12-15(18)16(14)17(3,4)5/h8,11-13,18H,6-7,9-10H2,1-5H3. The van der Waals surface area contributed by atoms with Gasteiger partial charge in [-0.1, -0.05) is 59.6 Å². The molecule has 1 aromatic rings. The van der Waals surface area contributed by atoms with Crippen molar-refractivity contribution in [3.05, 3.63) is 29.3 Å². The van der Waals surface area contributed by atoms with E-state index >= 15 is 0 Å². The first-order valence-corrected chi connectivity index (χ1v) is 7.24. The first-order chi connectivity index (χ1) is 8.41. The highest BCUT2D eigenvalue weighted by Gasteiger charge is 2.25. The molecule has 0 bridgehead atoms. The van der Waals surface area contributed by atoms with Gasteiger partial charge >= 0.3 is 0 Å². The zero-order chi connectivity index (χ0) is 13.8. The van der Waals surface area contributed by atoms with Gasteiger partial charge in [-0.3, -0.25) is 0 Å². The molecule has 1 aromatic carbocycles.